The molecule has 0 unspecified atom stereocenters. The highest BCUT2D eigenvalue weighted by molar-refractivity contribution is 6.39. The molecule has 2 amide bonds. The molecule has 0 spiro atoms. The monoisotopic (exact) mass is 277 g/mol. The van der Waals surface area contributed by atoms with Crippen molar-refractivity contribution in [3.8, 4) is 5.75 Å². The van der Waals surface area contributed by atoms with Crippen LogP contribution in [0.2, 0.25) is 0 Å². The molecule has 1 saturated heterocycles. The third kappa shape index (κ3) is 3.71. The van der Waals surface area contributed by atoms with Gasteiger partial charge in [-0.3, -0.25) is 9.59 Å². The van der Waals surface area contributed by atoms with Gasteiger partial charge in [-0.15, -0.1) is 0 Å². The summed E-state index contributed by atoms with van der Waals surface area (Å²) in [4.78, 5) is 25.5. The first-order valence-corrected chi connectivity index (χ1v) is 6.66. The molecule has 20 heavy (non-hydrogen) atoms. The van der Waals surface area contributed by atoms with E-state index in [2.05, 4.69) is 10.6 Å². The van der Waals surface area contributed by atoms with Crippen LogP contribution in [0.3, 0.4) is 0 Å². The molecular formula is C14H19N3O3. The van der Waals surface area contributed by atoms with E-state index in [-0.39, 0.29) is 0 Å². The summed E-state index contributed by atoms with van der Waals surface area (Å²) < 4.78 is 5.04. The van der Waals surface area contributed by atoms with Gasteiger partial charge in [-0.2, -0.15) is 0 Å². The lowest BCUT2D eigenvalue weighted by Crippen LogP contribution is -2.41. The summed E-state index contributed by atoms with van der Waals surface area (Å²) in [6, 6.07) is 6.87. The summed E-state index contributed by atoms with van der Waals surface area (Å²) in [5.41, 5.74) is 0.581. The van der Waals surface area contributed by atoms with Crippen molar-refractivity contribution in [3.05, 3.63) is 24.3 Å². The molecule has 0 bridgehead atoms. The molecule has 6 nitrogen and oxygen atoms in total. The number of hydrogen-bond acceptors (Lipinski definition) is 4. The normalized spacial score (nSPS) is 15.3. The minimum atomic E-state index is -0.600. The first-order valence-electron chi connectivity index (χ1n) is 6.66. The summed E-state index contributed by atoms with van der Waals surface area (Å²) in [6.45, 7) is 2.78. The van der Waals surface area contributed by atoms with Gasteiger partial charge in [0.25, 0.3) is 0 Å². The lowest BCUT2D eigenvalue weighted by molar-refractivity contribution is -0.143. The highest BCUT2D eigenvalue weighted by Crippen LogP contribution is 2.15. The Bertz CT molecular complexity index is 465. The van der Waals surface area contributed by atoms with E-state index < -0.39 is 11.8 Å². The molecule has 108 valence electrons. The first kappa shape index (κ1) is 14.3. The summed E-state index contributed by atoms with van der Waals surface area (Å²) in [7, 11) is 1.57. The van der Waals surface area contributed by atoms with Gasteiger partial charge in [0.15, 0.2) is 0 Å². The molecule has 1 aromatic carbocycles. The number of hydrogen-bond donors (Lipinski definition) is 2. The quantitative estimate of drug-likeness (QED) is 0.770. The number of anilines is 1. The second-order valence-electron chi connectivity index (χ2n) is 4.58. The van der Waals surface area contributed by atoms with Crippen LogP contribution < -0.4 is 15.4 Å². The number of nitrogens with one attached hydrogen (secondary N) is 2. The van der Waals surface area contributed by atoms with Gasteiger partial charge in [-0.05, 0) is 37.2 Å². The highest BCUT2D eigenvalue weighted by atomic mass is 16.5. The van der Waals surface area contributed by atoms with Crippen LogP contribution in [0.4, 0.5) is 5.69 Å². The zero-order valence-electron chi connectivity index (χ0n) is 11.5. The second kappa shape index (κ2) is 6.91. The lowest BCUT2D eigenvalue weighted by atomic mass is 10.3. The Hall–Kier alpha value is -2.08. The van der Waals surface area contributed by atoms with E-state index in [1.807, 2.05) is 0 Å². The molecule has 1 aliphatic rings. The van der Waals surface area contributed by atoms with E-state index in [4.69, 9.17) is 4.74 Å². The van der Waals surface area contributed by atoms with E-state index in [0.717, 1.165) is 19.5 Å². The number of benzene rings is 1. The van der Waals surface area contributed by atoms with Gasteiger partial charge in [-0.25, -0.2) is 0 Å². The fourth-order valence-corrected chi connectivity index (χ4v) is 2.05. The molecule has 0 saturated carbocycles. The molecule has 0 radical (unpaired) electrons. The zero-order valence-corrected chi connectivity index (χ0v) is 11.5. The number of rotatable bonds is 2. The van der Waals surface area contributed by atoms with Gasteiger partial charge >= 0.3 is 11.8 Å². The minimum Gasteiger partial charge on any atom is -0.497 e. The van der Waals surface area contributed by atoms with E-state index >= 15 is 0 Å². The van der Waals surface area contributed by atoms with Crippen LogP contribution >= 0.6 is 0 Å². The number of methoxy groups -OCH3 is 1. The second-order valence-corrected chi connectivity index (χ2v) is 4.58. The molecule has 0 atom stereocenters. The van der Waals surface area contributed by atoms with Crippen LogP contribution in [0.15, 0.2) is 24.3 Å². The van der Waals surface area contributed by atoms with E-state index in [9.17, 15) is 9.59 Å². The summed E-state index contributed by atoms with van der Waals surface area (Å²) in [5.74, 6) is -0.380. The van der Waals surface area contributed by atoms with Crippen molar-refractivity contribution in [2.24, 2.45) is 0 Å². The maximum Gasteiger partial charge on any atom is 0.313 e. The standard InChI is InChI=1S/C14H19N3O3/c1-20-12-5-3-11(4-6-12)16-13(18)14(19)17-9-2-7-15-8-10-17/h3-6,15H,2,7-10H2,1H3,(H,16,18). The van der Waals surface area contributed by atoms with Gasteiger partial charge in [-0.1, -0.05) is 0 Å². The first-order chi connectivity index (χ1) is 9.70. The van der Waals surface area contributed by atoms with Crippen molar-refractivity contribution in [1.29, 1.82) is 0 Å². The van der Waals surface area contributed by atoms with Gasteiger partial charge < -0.3 is 20.3 Å². The fraction of sp³-hybridized carbons (Fsp3) is 0.429. The number of ether oxygens (including phenoxy) is 1. The van der Waals surface area contributed by atoms with Crippen molar-refractivity contribution in [2.75, 3.05) is 38.6 Å². The Morgan fingerprint density at radius 2 is 1.95 bits per heavy atom. The van der Waals surface area contributed by atoms with Gasteiger partial charge in [0.05, 0.1) is 7.11 Å². The van der Waals surface area contributed by atoms with Crippen molar-refractivity contribution in [3.63, 3.8) is 0 Å². The summed E-state index contributed by atoms with van der Waals surface area (Å²) in [6.07, 6.45) is 0.863. The predicted octanol–water partition coefficient (Wildman–Crippen LogP) is 0.456. The van der Waals surface area contributed by atoms with Crippen LogP contribution in [0.5, 0.6) is 5.75 Å². The maximum absolute atomic E-state index is 12.0. The molecule has 1 heterocycles. The van der Waals surface area contributed by atoms with Crippen molar-refractivity contribution in [2.45, 2.75) is 6.42 Å². The third-order valence-corrected chi connectivity index (χ3v) is 3.17. The zero-order chi connectivity index (χ0) is 14.4. The Morgan fingerprint density at radius 3 is 2.65 bits per heavy atom. The van der Waals surface area contributed by atoms with E-state index in [1.54, 1.807) is 36.3 Å². The Balaban J connectivity index is 1.94. The summed E-state index contributed by atoms with van der Waals surface area (Å²) >= 11 is 0. The molecule has 0 aromatic heterocycles. The maximum atomic E-state index is 12.0. The van der Waals surface area contributed by atoms with Crippen LogP contribution in [-0.4, -0.2) is 50.0 Å². The van der Waals surface area contributed by atoms with Crippen molar-refractivity contribution in [1.82, 2.24) is 10.2 Å². The minimum absolute atomic E-state index is 0.482. The smallest absolute Gasteiger partial charge is 0.313 e. The Morgan fingerprint density at radius 1 is 1.20 bits per heavy atom. The average Bonchev–Trinajstić information content (AvgIpc) is 2.76. The molecule has 2 N–H and O–H groups in total. The van der Waals surface area contributed by atoms with Gasteiger partial charge in [0, 0.05) is 25.3 Å². The topological polar surface area (TPSA) is 70.7 Å². The third-order valence-electron chi connectivity index (χ3n) is 3.17. The molecule has 1 aromatic rings. The van der Waals surface area contributed by atoms with Gasteiger partial charge in [0.1, 0.15) is 5.75 Å². The molecule has 6 heteroatoms. The molecule has 1 fully saturated rings. The van der Waals surface area contributed by atoms with E-state index in [1.165, 1.54) is 0 Å². The van der Waals surface area contributed by atoms with Crippen molar-refractivity contribution >= 4 is 17.5 Å². The van der Waals surface area contributed by atoms with Crippen LogP contribution in [-0.2, 0) is 9.59 Å². The van der Waals surface area contributed by atoms with Crippen molar-refractivity contribution < 1.29 is 14.3 Å². The predicted molar refractivity (Wildman–Crippen MR) is 75.7 cm³/mol. The highest BCUT2D eigenvalue weighted by Gasteiger charge is 2.22. The Kier molecular flexibility index (Phi) is 4.95. The average molecular weight is 277 g/mol. The number of amides is 2. The number of carbonyl (C=O) groups excluding carboxylic acids is 2. The summed E-state index contributed by atoms with van der Waals surface area (Å²) in [5, 5.41) is 5.80. The SMILES string of the molecule is COc1ccc(NC(=O)C(=O)N2CCCNCC2)cc1. The molecule has 0 aliphatic carbocycles. The van der Waals surface area contributed by atoms with Crippen LogP contribution in [0.25, 0.3) is 0 Å². The largest absolute Gasteiger partial charge is 0.497 e. The van der Waals surface area contributed by atoms with Crippen LogP contribution in [0, 0.1) is 0 Å². The number of carbonyl (C=O) groups is 2. The van der Waals surface area contributed by atoms with Gasteiger partial charge in [0.2, 0.25) is 0 Å². The number of nitrogens with zero attached hydrogens (tertiary/aromatic N) is 1. The molecule has 2 rings (SSSR count). The molecule has 1 aliphatic heterocycles. The lowest BCUT2D eigenvalue weighted by Gasteiger charge is -2.19. The van der Waals surface area contributed by atoms with Crippen LogP contribution in [0.1, 0.15) is 6.42 Å². The van der Waals surface area contributed by atoms with E-state index in [0.29, 0.717) is 24.5 Å². The fourth-order valence-electron chi connectivity index (χ4n) is 2.05. The molecular weight excluding hydrogens is 258 g/mol. The Labute approximate surface area is 118 Å².